The van der Waals surface area contributed by atoms with Gasteiger partial charge in [0.2, 0.25) is 5.91 Å². The first kappa shape index (κ1) is 13.3. The molecule has 2 aliphatic carbocycles. The Bertz CT molecular complexity index is 739. The molecule has 116 valence electrons. The van der Waals surface area contributed by atoms with Crippen LogP contribution in [0.4, 0.5) is 0 Å². The Morgan fingerprint density at radius 1 is 1.00 bits per heavy atom. The smallest absolute Gasteiger partial charge is 0.232 e. The predicted molar refractivity (Wildman–Crippen MR) is 88.1 cm³/mol. The number of hydrogen-bond acceptors (Lipinski definition) is 2. The van der Waals surface area contributed by atoms with Crippen molar-refractivity contribution in [2.24, 2.45) is 5.92 Å². The van der Waals surface area contributed by atoms with Crippen molar-refractivity contribution in [3.05, 3.63) is 59.7 Å². The Balaban J connectivity index is 1.46. The van der Waals surface area contributed by atoms with Gasteiger partial charge in [0.25, 0.3) is 0 Å². The number of rotatable bonds is 2. The van der Waals surface area contributed by atoms with Crippen LogP contribution in [0.15, 0.2) is 48.5 Å². The summed E-state index contributed by atoms with van der Waals surface area (Å²) in [6.07, 6.45) is 2.42. The molecular weight excluding hydrogens is 286 g/mol. The molecule has 2 fully saturated rings. The van der Waals surface area contributed by atoms with E-state index in [-0.39, 0.29) is 17.9 Å². The van der Waals surface area contributed by atoms with E-state index in [1.165, 1.54) is 11.1 Å². The third kappa shape index (κ3) is 1.89. The molecule has 23 heavy (non-hydrogen) atoms. The van der Waals surface area contributed by atoms with Crippen molar-refractivity contribution in [3.63, 3.8) is 0 Å². The van der Waals surface area contributed by atoms with Gasteiger partial charge < -0.3 is 10.1 Å². The maximum atomic E-state index is 13.0. The average molecular weight is 305 g/mol. The highest BCUT2D eigenvalue weighted by molar-refractivity contribution is 5.96. The van der Waals surface area contributed by atoms with Crippen LogP contribution in [0.1, 0.15) is 29.9 Å². The summed E-state index contributed by atoms with van der Waals surface area (Å²) >= 11 is 0. The summed E-state index contributed by atoms with van der Waals surface area (Å²) in [5.41, 5.74) is 4.65. The molecule has 3 heteroatoms. The number of fused-ring (bicyclic) bond motifs is 4. The Morgan fingerprint density at radius 2 is 1.65 bits per heavy atom. The number of benzene rings is 2. The van der Waals surface area contributed by atoms with E-state index >= 15 is 0 Å². The topological polar surface area (TPSA) is 38.3 Å². The zero-order valence-electron chi connectivity index (χ0n) is 12.9. The summed E-state index contributed by atoms with van der Waals surface area (Å²) in [4.78, 5) is 13.0. The Hall–Kier alpha value is -2.13. The van der Waals surface area contributed by atoms with Gasteiger partial charge in [0.05, 0.1) is 12.0 Å². The first-order chi connectivity index (χ1) is 11.3. The molecule has 1 aliphatic heterocycles. The molecule has 0 bridgehead atoms. The summed E-state index contributed by atoms with van der Waals surface area (Å²) in [5, 5.41) is 3.29. The van der Waals surface area contributed by atoms with Crippen LogP contribution in [0.2, 0.25) is 0 Å². The molecule has 0 unspecified atom stereocenters. The lowest BCUT2D eigenvalue weighted by Gasteiger charge is -2.39. The standard InChI is InChI=1S/C20H19NO2/c22-20(21-17-11-18-16(17)9-10-23-18)19-14-7-3-1-5-12(14)13-6-2-4-8-15(13)19/h1-8,16-19H,9-11H2,(H,21,22)/t16-,17+,18+/m1/s1. The monoisotopic (exact) mass is 305 g/mol. The second-order valence-corrected chi connectivity index (χ2v) is 6.82. The normalized spacial score (nSPS) is 27.7. The van der Waals surface area contributed by atoms with Gasteiger partial charge in [0.1, 0.15) is 0 Å². The van der Waals surface area contributed by atoms with E-state index in [9.17, 15) is 4.79 Å². The highest BCUT2D eigenvalue weighted by atomic mass is 16.5. The highest BCUT2D eigenvalue weighted by Crippen LogP contribution is 2.45. The number of carbonyl (C=O) groups is 1. The van der Waals surface area contributed by atoms with Gasteiger partial charge in [-0.1, -0.05) is 48.5 Å². The average Bonchev–Trinajstić information content (AvgIpc) is 3.10. The molecule has 2 aromatic carbocycles. The van der Waals surface area contributed by atoms with E-state index in [2.05, 4.69) is 29.6 Å². The number of carbonyl (C=O) groups excluding carboxylic acids is 1. The third-order valence-electron chi connectivity index (χ3n) is 5.69. The zero-order valence-corrected chi connectivity index (χ0v) is 12.9. The first-order valence-corrected chi connectivity index (χ1v) is 8.43. The van der Waals surface area contributed by atoms with Crippen molar-refractivity contribution in [3.8, 4) is 11.1 Å². The molecule has 2 aromatic rings. The van der Waals surface area contributed by atoms with Crippen molar-refractivity contribution in [2.45, 2.75) is 30.9 Å². The van der Waals surface area contributed by atoms with E-state index in [1.54, 1.807) is 0 Å². The van der Waals surface area contributed by atoms with Crippen LogP contribution in [0.5, 0.6) is 0 Å². The van der Waals surface area contributed by atoms with Crippen molar-refractivity contribution in [2.75, 3.05) is 6.61 Å². The van der Waals surface area contributed by atoms with Crippen LogP contribution in [0, 0.1) is 5.92 Å². The Labute approximate surface area is 135 Å². The summed E-state index contributed by atoms with van der Waals surface area (Å²) in [6.45, 7) is 0.844. The summed E-state index contributed by atoms with van der Waals surface area (Å²) in [7, 11) is 0. The van der Waals surface area contributed by atoms with Crippen molar-refractivity contribution in [1.82, 2.24) is 5.32 Å². The van der Waals surface area contributed by atoms with Gasteiger partial charge in [0, 0.05) is 18.6 Å². The van der Waals surface area contributed by atoms with Gasteiger partial charge in [0.15, 0.2) is 0 Å². The molecule has 1 N–H and O–H groups in total. The van der Waals surface area contributed by atoms with E-state index in [0.717, 1.165) is 30.6 Å². The summed E-state index contributed by atoms with van der Waals surface area (Å²) in [6, 6.07) is 16.8. The third-order valence-corrected chi connectivity index (χ3v) is 5.69. The largest absolute Gasteiger partial charge is 0.378 e. The van der Waals surface area contributed by atoms with E-state index in [1.807, 2.05) is 24.3 Å². The van der Waals surface area contributed by atoms with Gasteiger partial charge in [-0.2, -0.15) is 0 Å². The van der Waals surface area contributed by atoms with Crippen molar-refractivity contribution < 1.29 is 9.53 Å². The lowest BCUT2D eigenvalue weighted by molar-refractivity contribution is -0.124. The second-order valence-electron chi connectivity index (χ2n) is 6.82. The van der Waals surface area contributed by atoms with Crippen LogP contribution < -0.4 is 5.32 Å². The molecule has 1 saturated heterocycles. The molecule has 3 nitrogen and oxygen atoms in total. The van der Waals surface area contributed by atoms with Crippen molar-refractivity contribution in [1.29, 1.82) is 0 Å². The zero-order chi connectivity index (χ0) is 15.4. The molecule has 3 aliphatic rings. The van der Waals surface area contributed by atoms with Gasteiger partial charge in [-0.3, -0.25) is 4.79 Å². The van der Waals surface area contributed by atoms with Crippen LogP contribution in [-0.4, -0.2) is 24.7 Å². The molecular formula is C20H19NO2. The minimum Gasteiger partial charge on any atom is -0.378 e. The van der Waals surface area contributed by atoms with Crippen LogP contribution in [0.3, 0.4) is 0 Å². The fourth-order valence-corrected chi connectivity index (χ4v) is 4.47. The molecule has 1 saturated carbocycles. The Morgan fingerprint density at radius 3 is 2.30 bits per heavy atom. The molecule has 3 atom stereocenters. The lowest BCUT2D eigenvalue weighted by atomic mass is 9.76. The molecule has 0 aromatic heterocycles. The fourth-order valence-electron chi connectivity index (χ4n) is 4.47. The quantitative estimate of drug-likeness (QED) is 0.926. The molecule has 0 radical (unpaired) electrons. The molecule has 0 spiro atoms. The van der Waals surface area contributed by atoms with Crippen LogP contribution >= 0.6 is 0 Å². The summed E-state index contributed by atoms with van der Waals surface area (Å²) in [5.74, 6) is 0.479. The van der Waals surface area contributed by atoms with Gasteiger partial charge in [-0.15, -0.1) is 0 Å². The van der Waals surface area contributed by atoms with Gasteiger partial charge >= 0.3 is 0 Å². The second kappa shape index (κ2) is 4.93. The number of amides is 1. The number of nitrogens with one attached hydrogen (secondary N) is 1. The summed E-state index contributed by atoms with van der Waals surface area (Å²) < 4.78 is 5.65. The van der Waals surface area contributed by atoms with E-state index < -0.39 is 0 Å². The van der Waals surface area contributed by atoms with Gasteiger partial charge in [-0.25, -0.2) is 0 Å². The maximum absolute atomic E-state index is 13.0. The van der Waals surface area contributed by atoms with Crippen molar-refractivity contribution >= 4 is 5.91 Å². The first-order valence-electron chi connectivity index (χ1n) is 8.43. The Kier molecular flexibility index (Phi) is 2.86. The SMILES string of the molecule is O=C(N[C@H]1C[C@@H]2OCC[C@H]12)C1c2ccccc2-c2ccccc21. The maximum Gasteiger partial charge on any atom is 0.232 e. The van der Waals surface area contributed by atoms with Gasteiger partial charge in [-0.05, 0) is 35.1 Å². The predicted octanol–water partition coefficient (Wildman–Crippen LogP) is 3.09. The lowest BCUT2D eigenvalue weighted by Crippen LogP contribution is -2.54. The minimum atomic E-state index is -0.177. The highest BCUT2D eigenvalue weighted by Gasteiger charge is 2.46. The van der Waals surface area contributed by atoms with E-state index in [0.29, 0.717) is 12.0 Å². The number of hydrogen-bond donors (Lipinski definition) is 1. The van der Waals surface area contributed by atoms with Crippen LogP contribution in [0.25, 0.3) is 11.1 Å². The molecule has 5 rings (SSSR count). The number of ether oxygens (including phenoxy) is 1. The minimum absolute atomic E-state index is 0.137. The van der Waals surface area contributed by atoms with Crippen LogP contribution in [-0.2, 0) is 9.53 Å². The van der Waals surface area contributed by atoms with E-state index in [4.69, 9.17) is 4.74 Å². The molecule has 1 heterocycles. The molecule has 1 amide bonds. The fraction of sp³-hybridized carbons (Fsp3) is 0.350.